The number of piperazine rings is 1. The van der Waals surface area contributed by atoms with Crippen LogP contribution in [0.2, 0.25) is 0 Å². The quantitative estimate of drug-likeness (QED) is 0.404. The number of nitro groups is 1. The number of imide groups is 1. The molecule has 0 radical (unpaired) electrons. The minimum Gasteiger partial charge on any atom is -0.495 e. The van der Waals surface area contributed by atoms with Gasteiger partial charge in [-0.2, -0.15) is 0 Å². The predicted molar refractivity (Wildman–Crippen MR) is 119 cm³/mol. The number of hydrogen-bond donors (Lipinski definition) is 0. The number of aryl methyl sites for hydroxylation is 1. The molecular formula is C23H24N4O5. The second kappa shape index (κ2) is 8.43. The fraction of sp³-hybridized carbons (Fsp3) is 0.304. The van der Waals surface area contributed by atoms with E-state index in [2.05, 4.69) is 4.90 Å². The van der Waals surface area contributed by atoms with Crippen molar-refractivity contribution in [1.29, 1.82) is 0 Å². The Kier molecular flexibility index (Phi) is 5.67. The molecule has 0 bridgehead atoms. The Morgan fingerprint density at radius 2 is 1.62 bits per heavy atom. The van der Waals surface area contributed by atoms with Crippen LogP contribution in [0.3, 0.4) is 0 Å². The first-order valence-electron chi connectivity index (χ1n) is 10.3. The van der Waals surface area contributed by atoms with Crippen LogP contribution in [-0.2, 0) is 9.59 Å². The zero-order chi connectivity index (χ0) is 23.0. The number of nitro benzene ring substituents is 1. The van der Waals surface area contributed by atoms with Crippen LogP contribution in [0.1, 0.15) is 11.1 Å². The van der Waals surface area contributed by atoms with E-state index < -0.39 is 16.7 Å². The van der Waals surface area contributed by atoms with Crippen molar-refractivity contribution in [1.82, 2.24) is 9.80 Å². The lowest BCUT2D eigenvalue weighted by molar-refractivity contribution is -0.384. The van der Waals surface area contributed by atoms with Gasteiger partial charge in [-0.05, 0) is 49.4 Å². The van der Waals surface area contributed by atoms with E-state index >= 15 is 0 Å². The second-order valence-electron chi connectivity index (χ2n) is 7.94. The molecule has 166 valence electrons. The standard InChI is InChI=1S/C23H24N4O5/c1-15-4-9-19(32-3)18(14-15)26-22(28)20(16-5-7-17(8-6-16)27(30)31)21(23(26)29)25-12-10-24(2)11-13-25/h4-9,14H,10-13H2,1-3H3. The highest BCUT2D eigenvalue weighted by atomic mass is 16.6. The van der Waals surface area contributed by atoms with Gasteiger partial charge in [0.2, 0.25) is 0 Å². The molecule has 4 rings (SSSR count). The van der Waals surface area contributed by atoms with Crippen molar-refractivity contribution in [2.75, 3.05) is 45.2 Å². The monoisotopic (exact) mass is 436 g/mol. The van der Waals surface area contributed by atoms with Crippen molar-refractivity contribution in [3.8, 4) is 5.75 Å². The predicted octanol–water partition coefficient (Wildman–Crippen LogP) is 2.44. The molecule has 9 nitrogen and oxygen atoms in total. The smallest absolute Gasteiger partial charge is 0.282 e. The number of carbonyl (C=O) groups is 2. The summed E-state index contributed by atoms with van der Waals surface area (Å²) in [5.41, 5.74) is 2.22. The topological polar surface area (TPSA) is 96.2 Å². The number of ether oxygens (including phenoxy) is 1. The Labute approximate surface area is 185 Å². The number of likely N-dealkylation sites (N-methyl/N-ethyl adjacent to an activating group) is 1. The zero-order valence-corrected chi connectivity index (χ0v) is 18.2. The van der Waals surface area contributed by atoms with E-state index in [1.807, 2.05) is 24.9 Å². The van der Waals surface area contributed by atoms with Crippen LogP contribution in [0.4, 0.5) is 11.4 Å². The summed E-state index contributed by atoms with van der Waals surface area (Å²) in [5.74, 6) is -0.474. The van der Waals surface area contributed by atoms with Crippen molar-refractivity contribution in [2.24, 2.45) is 0 Å². The Morgan fingerprint density at radius 1 is 0.969 bits per heavy atom. The average Bonchev–Trinajstić information content (AvgIpc) is 3.04. The summed E-state index contributed by atoms with van der Waals surface area (Å²) in [7, 11) is 3.50. The van der Waals surface area contributed by atoms with Crippen molar-refractivity contribution in [2.45, 2.75) is 6.92 Å². The molecule has 0 unspecified atom stereocenters. The SMILES string of the molecule is COc1ccc(C)cc1N1C(=O)C(c2ccc([N+](=O)[O-])cc2)=C(N2CCN(C)CC2)C1=O. The average molecular weight is 436 g/mol. The molecule has 0 aliphatic carbocycles. The molecular weight excluding hydrogens is 412 g/mol. The van der Waals surface area contributed by atoms with Gasteiger partial charge in [0, 0.05) is 38.3 Å². The van der Waals surface area contributed by atoms with Crippen molar-refractivity contribution in [3.05, 3.63) is 69.4 Å². The van der Waals surface area contributed by atoms with E-state index in [1.54, 1.807) is 12.1 Å². The molecule has 1 saturated heterocycles. The minimum absolute atomic E-state index is 0.0792. The van der Waals surface area contributed by atoms with Crippen molar-refractivity contribution >= 4 is 28.8 Å². The molecule has 1 fully saturated rings. The first-order valence-corrected chi connectivity index (χ1v) is 10.3. The summed E-state index contributed by atoms with van der Waals surface area (Å²) in [4.78, 5) is 43.1. The number of rotatable bonds is 5. The molecule has 0 atom stereocenters. The van der Waals surface area contributed by atoms with Gasteiger partial charge in [-0.1, -0.05) is 6.07 Å². The molecule has 32 heavy (non-hydrogen) atoms. The van der Waals surface area contributed by atoms with Gasteiger partial charge < -0.3 is 14.5 Å². The van der Waals surface area contributed by atoms with Crippen LogP contribution in [0, 0.1) is 17.0 Å². The number of methoxy groups -OCH3 is 1. The molecule has 2 amide bonds. The summed E-state index contributed by atoms with van der Waals surface area (Å²) in [6.07, 6.45) is 0. The van der Waals surface area contributed by atoms with Gasteiger partial charge in [0.1, 0.15) is 11.4 Å². The minimum atomic E-state index is -0.495. The maximum absolute atomic E-state index is 13.7. The molecule has 2 aliphatic rings. The van der Waals surface area contributed by atoms with Gasteiger partial charge in [-0.15, -0.1) is 0 Å². The van der Waals surface area contributed by atoms with Crippen LogP contribution < -0.4 is 9.64 Å². The largest absolute Gasteiger partial charge is 0.495 e. The Bertz CT molecular complexity index is 1120. The van der Waals surface area contributed by atoms with Gasteiger partial charge in [0.25, 0.3) is 17.5 Å². The fourth-order valence-corrected chi connectivity index (χ4v) is 4.05. The van der Waals surface area contributed by atoms with Crippen LogP contribution >= 0.6 is 0 Å². The Balaban J connectivity index is 1.84. The molecule has 0 N–H and O–H groups in total. The van der Waals surface area contributed by atoms with Crippen LogP contribution in [0.25, 0.3) is 5.57 Å². The van der Waals surface area contributed by atoms with Gasteiger partial charge in [-0.3, -0.25) is 19.7 Å². The summed E-state index contributed by atoms with van der Waals surface area (Å²) in [6, 6.07) is 11.0. The molecule has 0 saturated carbocycles. The number of non-ortho nitro benzene ring substituents is 1. The summed E-state index contributed by atoms with van der Waals surface area (Å²) in [5, 5.41) is 11.1. The van der Waals surface area contributed by atoms with E-state index in [9.17, 15) is 19.7 Å². The maximum atomic E-state index is 13.7. The first kappa shape index (κ1) is 21.5. The maximum Gasteiger partial charge on any atom is 0.282 e. The number of benzene rings is 2. The van der Waals surface area contributed by atoms with E-state index in [0.29, 0.717) is 35.8 Å². The van der Waals surface area contributed by atoms with E-state index in [4.69, 9.17) is 4.74 Å². The van der Waals surface area contributed by atoms with Gasteiger partial charge in [0.15, 0.2) is 0 Å². The van der Waals surface area contributed by atoms with Gasteiger partial charge in [0.05, 0.1) is 23.3 Å². The Morgan fingerprint density at radius 3 is 2.22 bits per heavy atom. The molecule has 2 aliphatic heterocycles. The number of amides is 2. The number of carbonyl (C=O) groups excluding carboxylic acids is 2. The van der Waals surface area contributed by atoms with E-state index in [1.165, 1.54) is 31.4 Å². The lowest BCUT2D eigenvalue weighted by atomic mass is 10.0. The lowest BCUT2D eigenvalue weighted by Crippen LogP contribution is -2.46. The first-order chi connectivity index (χ1) is 15.3. The van der Waals surface area contributed by atoms with Crippen molar-refractivity contribution < 1.29 is 19.2 Å². The third-order valence-corrected chi connectivity index (χ3v) is 5.82. The fourth-order valence-electron chi connectivity index (χ4n) is 4.05. The van der Waals surface area contributed by atoms with Gasteiger partial charge in [-0.25, -0.2) is 4.90 Å². The molecule has 2 aromatic rings. The molecule has 2 aromatic carbocycles. The molecule has 0 aromatic heterocycles. The number of anilines is 1. The Hall–Kier alpha value is -3.72. The summed E-state index contributed by atoms with van der Waals surface area (Å²) < 4.78 is 5.43. The van der Waals surface area contributed by atoms with E-state index in [0.717, 1.165) is 23.6 Å². The summed E-state index contributed by atoms with van der Waals surface area (Å²) >= 11 is 0. The van der Waals surface area contributed by atoms with Crippen molar-refractivity contribution in [3.63, 3.8) is 0 Å². The number of hydrogen-bond acceptors (Lipinski definition) is 7. The molecule has 2 heterocycles. The van der Waals surface area contributed by atoms with Crippen LogP contribution in [0.5, 0.6) is 5.75 Å². The second-order valence-corrected chi connectivity index (χ2v) is 7.94. The van der Waals surface area contributed by atoms with E-state index in [-0.39, 0.29) is 11.3 Å². The van der Waals surface area contributed by atoms with Gasteiger partial charge >= 0.3 is 0 Å². The van der Waals surface area contributed by atoms with Crippen LogP contribution in [0.15, 0.2) is 48.2 Å². The zero-order valence-electron chi connectivity index (χ0n) is 18.2. The third-order valence-electron chi connectivity index (χ3n) is 5.82. The number of nitrogens with zero attached hydrogens (tertiary/aromatic N) is 4. The lowest BCUT2D eigenvalue weighted by Gasteiger charge is -2.34. The molecule has 9 heteroatoms. The third kappa shape index (κ3) is 3.71. The highest BCUT2D eigenvalue weighted by Gasteiger charge is 2.44. The molecule has 0 spiro atoms. The van der Waals surface area contributed by atoms with Crippen LogP contribution in [-0.4, -0.2) is 66.9 Å². The summed E-state index contributed by atoms with van der Waals surface area (Å²) in [6.45, 7) is 4.58. The highest BCUT2D eigenvalue weighted by Crippen LogP contribution is 2.39. The normalized spacial score (nSPS) is 17.3. The highest BCUT2D eigenvalue weighted by molar-refractivity contribution is 6.45.